The summed E-state index contributed by atoms with van der Waals surface area (Å²) in [6, 6.07) is 9.28. The lowest BCUT2D eigenvalue weighted by atomic mass is 9.98. The van der Waals surface area contributed by atoms with Crippen molar-refractivity contribution in [2.75, 3.05) is 6.61 Å². The zero-order valence-electron chi connectivity index (χ0n) is 14.1. The number of alkyl halides is 1. The van der Waals surface area contributed by atoms with Crippen LogP contribution in [-0.4, -0.2) is 34.0 Å². The van der Waals surface area contributed by atoms with Crippen molar-refractivity contribution in [2.24, 2.45) is 0 Å². The number of aromatic nitrogens is 2. The fraction of sp³-hybridized carbons (Fsp3) is 0.375. The number of halogens is 1. The number of benzene rings is 1. The highest BCUT2D eigenvalue weighted by molar-refractivity contribution is 7.49. The highest BCUT2D eigenvalue weighted by atomic mass is 31.2. The van der Waals surface area contributed by atoms with Gasteiger partial charge in [0.25, 0.3) is 5.56 Å². The third-order valence-corrected chi connectivity index (χ3v) is 5.77. The molecule has 0 radical (unpaired) electrons. The molecule has 11 heteroatoms. The first-order chi connectivity index (χ1) is 12.8. The molecule has 2 aromatic rings. The van der Waals surface area contributed by atoms with Crippen LogP contribution in [0.25, 0.3) is 0 Å². The average Bonchev–Trinajstić information content (AvgIpc) is 2.86. The van der Waals surface area contributed by atoms with Crippen LogP contribution in [0.1, 0.15) is 13.2 Å². The van der Waals surface area contributed by atoms with Gasteiger partial charge in [0, 0.05) is 12.3 Å². The molecule has 2 aliphatic heterocycles. The average molecular weight is 398 g/mol. The molecule has 1 aromatic heterocycles. The van der Waals surface area contributed by atoms with E-state index in [1.54, 1.807) is 30.3 Å². The lowest BCUT2D eigenvalue weighted by Gasteiger charge is -2.33. The quantitative estimate of drug-likeness (QED) is 0.785. The molecule has 0 aliphatic carbocycles. The normalized spacial score (nSPS) is 35.6. The lowest BCUT2D eigenvalue weighted by Crippen LogP contribution is -2.46. The minimum atomic E-state index is -4.09. The Hall–Kier alpha value is -2.26. The number of nitrogens with zero attached hydrogens (tertiary/aromatic N) is 1. The second kappa shape index (κ2) is 6.42. The summed E-state index contributed by atoms with van der Waals surface area (Å²) in [5.74, 6) is 0.243. The van der Waals surface area contributed by atoms with E-state index in [1.807, 2.05) is 4.98 Å². The molecule has 3 unspecified atom stereocenters. The van der Waals surface area contributed by atoms with Crippen molar-refractivity contribution in [3.05, 3.63) is 63.4 Å². The molecule has 2 aliphatic rings. The summed E-state index contributed by atoms with van der Waals surface area (Å²) < 4.78 is 50.6. The number of rotatable bonds is 3. The molecule has 1 aromatic carbocycles. The van der Waals surface area contributed by atoms with Crippen molar-refractivity contribution in [3.63, 3.8) is 0 Å². The molecule has 0 saturated carbocycles. The number of phosphoric acid groups is 1. The predicted octanol–water partition coefficient (Wildman–Crippen LogP) is 1.76. The van der Waals surface area contributed by atoms with Gasteiger partial charge in [0.05, 0.1) is 6.61 Å². The topological polar surface area (TPSA) is 109 Å². The van der Waals surface area contributed by atoms with E-state index in [-0.39, 0.29) is 12.4 Å². The fourth-order valence-corrected chi connectivity index (χ4v) is 4.60. The van der Waals surface area contributed by atoms with Gasteiger partial charge in [-0.1, -0.05) is 18.2 Å². The van der Waals surface area contributed by atoms with Gasteiger partial charge < -0.3 is 9.26 Å². The molecule has 4 rings (SSSR count). The molecular weight excluding hydrogens is 382 g/mol. The third kappa shape index (κ3) is 3.25. The van der Waals surface area contributed by atoms with Gasteiger partial charge in [-0.25, -0.2) is 13.8 Å². The van der Waals surface area contributed by atoms with E-state index in [9.17, 15) is 14.2 Å². The number of aromatic amines is 1. The summed E-state index contributed by atoms with van der Waals surface area (Å²) >= 11 is 0. The summed E-state index contributed by atoms with van der Waals surface area (Å²) in [7, 11) is -4.09. The second-order valence-corrected chi connectivity index (χ2v) is 7.91. The molecule has 2 fully saturated rings. The molecule has 0 amide bonds. The molecule has 1 N–H and O–H groups in total. The molecule has 144 valence electrons. The number of para-hydroxylation sites is 1. The van der Waals surface area contributed by atoms with Crippen LogP contribution in [0.3, 0.4) is 0 Å². The van der Waals surface area contributed by atoms with Crippen LogP contribution in [0.4, 0.5) is 4.39 Å². The van der Waals surface area contributed by atoms with Gasteiger partial charge in [-0.2, -0.15) is 0 Å². The smallest absolute Gasteiger partial charge is 0.404 e. The Morgan fingerprint density at radius 1 is 1.30 bits per heavy atom. The van der Waals surface area contributed by atoms with Crippen LogP contribution in [0, 0.1) is 0 Å². The number of hydrogen-bond acceptors (Lipinski definition) is 7. The summed E-state index contributed by atoms with van der Waals surface area (Å²) in [5, 5.41) is 0. The lowest BCUT2D eigenvalue weighted by molar-refractivity contribution is -0.0681. The molecule has 27 heavy (non-hydrogen) atoms. The minimum Gasteiger partial charge on any atom is -0.404 e. The highest BCUT2D eigenvalue weighted by Crippen LogP contribution is 2.59. The Kier molecular flexibility index (Phi) is 4.31. The summed E-state index contributed by atoms with van der Waals surface area (Å²) in [6.45, 7) is 0.918. The van der Waals surface area contributed by atoms with E-state index in [0.29, 0.717) is 0 Å². The summed E-state index contributed by atoms with van der Waals surface area (Å²) in [4.78, 5) is 25.3. The van der Waals surface area contributed by atoms with Crippen LogP contribution in [-0.2, 0) is 18.3 Å². The molecule has 3 heterocycles. The minimum absolute atomic E-state index is 0.243. The zero-order valence-corrected chi connectivity index (χ0v) is 15.0. The second-order valence-electron chi connectivity index (χ2n) is 6.37. The van der Waals surface area contributed by atoms with Crippen LogP contribution in [0.15, 0.2) is 52.2 Å². The number of nitrogens with one attached hydrogen (secondary N) is 1. The number of H-pyrrole nitrogens is 1. The Bertz CT molecular complexity index is 1010. The van der Waals surface area contributed by atoms with Gasteiger partial charge in [0.2, 0.25) is 0 Å². The number of ether oxygens (including phenoxy) is 1. The van der Waals surface area contributed by atoms with Crippen molar-refractivity contribution < 1.29 is 27.3 Å². The largest absolute Gasteiger partial charge is 0.530 e. The first-order valence-electron chi connectivity index (χ1n) is 8.12. The monoisotopic (exact) mass is 398 g/mol. The van der Waals surface area contributed by atoms with Crippen molar-refractivity contribution in [2.45, 2.75) is 31.0 Å². The highest BCUT2D eigenvalue weighted by Gasteiger charge is 2.62. The first kappa shape index (κ1) is 18.1. The predicted molar refractivity (Wildman–Crippen MR) is 90.2 cm³/mol. The summed E-state index contributed by atoms with van der Waals surface area (Å²) in [5.41, 5.74) is -3.70. The van der Waals surface area contributed by atoms with Gasteiger partial charge in [-0.15, -0.1) is 0 Å². The maximum absolute atomic E-state index is 15.5. The van der Waals surface area contributed by atoms with E-state index in [1.165, 1.54) is 0 Å². The van der Waals surface area contributed by atoms with Crippen molar-refractivity contribution in [3.8, 4) is 5.75 Å². The van der Waals surface area contributed by atoms with E-state index >= 15 is 4.39 Å². The number of phosphoric ester groups is 1. The maximum atomic E-state index is 15.5. The Morgan fingerprint density at radius 3 is 2.74 bits per heavy atom. The summed E-state index contributed by atoms with van der Waals surface area (Å²) in [6.07, 6.45) is -2.49. The maximum Gasteiger partial charge on any atom is 0.530 e. The molecule has 5 atom stereocenters. The van der Waals surface area contributed by atoms with E-state index < -0.39 is 43.2 Å². The molecule has 0 bridgehead atoms. The Balaban J connectivity index is 1.61. The van der Waals surface area contributed by atoms with Crippen LogP contribution in [0.5, 0.6) is 5.75 Å². The molecule has 2 saturated heterocycles. The third-order valence-electron chi connectivity index (χ3n) is 4.38. The Morgan fingerprint density at radius 2 is 2.04 bits per heavy atom. The van der Waals surface area contributed by atoms with Crippen LogP contribution < -0.4 is 15.8 Å². The van der Waals surface area contributed by atoms with Crippen LogP contribution >= 0.6 is 7.82 Å². The van der Waals surface area contributed by atoms with Gasteiger partial charge in [-0.3, -0.25) is 23.4 Å². The molecular formula is C16H16FN2O7P. The molecule has 9 nitrogen and oxygen atoms in total. The van der Waals surface area contributed by atoms with Gasteiger partial charge in [0.1, 0.15) is 18.0 Å². The van der Waals surface area contributed by atoms with Crippen molar-refractivity contribution in [1.82, 2.24) is 9.55 Å². The SMILES string of the molecule is CC1(F)C2OP(=O)(Oc3ccccc3)OC[C@H]2O[C@H]1n1ccc(=O)[nH]c1=O. The van der Waals surface area contributed by atoms with E-state index in [2.05, 4.69) is 0 Å². The standard InChI is InChI=1S/C16H16FN2O7P/c1-16(17)13-11(24-14(16)19-8-7-12(20)18-15(19)21)9-23-27(22,26-13)25-10-5-3-2-4-6-10/h2-8,11,13-14H,9H2,1H3,(H,18,20,21)/t11-,13?,14-,16?,27?/m1/s1. The number of hydrogen-bond donors (Lipinski definition) is 1. The number of fused-ring (bicyclic) bond motifs is 1. The van der Waals surface area contributed by atoms with E-state index in [0.717, 1.165) is 23.8 Å². The molecule has 0 spiro atoms. The van der Waals surface area contributed by atoms with Crippen LogP contribution in [0.2, 0.25) is 0 Å². The van der Waals surface area contributed by atoms with Gasteiger partial charge in [0.15, 0.2) is 11.9 Å². The Labute approximate surface area is 152 Å². The zero-order chi connectivity index (χ0) is 19.2. The van der Waals surface area contributed by atoms with Crippen molar-refractivity contribution in [1.29, 1.82) is 0 Å². The fourth-order valence-electron chi connectivity index (χ4n) is 3.11. The van der Waals surface area contributed by atoms with Crippen molar-refractivity contribution >= 4 is 7.82 Å². The van der Waals surface area contributed by atoms with Gasteiger partial charge >= 0.3 is 13.5 Å². The van der Waals surface area contributed by atoms with E-state index in [4.69, 9.17) is 18.3 Å². The van der Waals surface area contributed by atoms with Gasteiger partial charge in [-0.05, 0) is 19.1 Å². The first-order valence-corrected chi connectivity index (χ1v) is 9.58.